The molecule has 0 spiro atoms. The van der Waals surface area contributed by atoms with E-state index < -0.39 is 0 Å². The van der Waals surface area contributed by atoms with Gasteiger partial charge in [0.15, 0.2) is 0 Å². The summed E-state index contributed by atoms with van der Waals surface area (Å²) in [5.41, 5.74) is 4.99. The van der Waals surface area contributed by atoms with Crippen molar-refractivity contribution in [2.75, 3.05) is 5.33 Å². The van der Waals surface area contributed by atoms with Crippen molar-refractivity contribution in [3.63, 3.8) is 0 Å². The molecule has 0 amide bonds. The molecule has 1 unspecified atom stereocenters. The largest absolute Gasteiger partial charge is 0.207 e. The van der Waals surface area contributed by atoms with Crippen molar-refractivity contribution in [2.45, 2.75) is 26.7 Å². The fraction of sp³-hybridized carbons (Fsp3) is 0.333. The average molecular weight is 335 g/mol. The maximum Gasteiger partial charge on any atom is 0.123 e. The van der Waals surface area contributed by atoms with Crippen molar-refractivity contribution in [1.29, 1.82) is 0 Å². The molecule has 0 aliphatic carbocycles. The van der Waals surface area contributed by atoms with Crippen molar-refractivity contribution in [2.24, 2.45) is 5.92 Å². The lowest BCUT2D eigenvalue weighted by molar-refractivity contribution is 0.579. The van der Waals surface area contributed by atoms with E-state index in [0.717, 1.165) is 23.7 Å². The Labute approximate surface area is 129 Å². The molecule has 1 atom stereocenters. The Morgan fingerprint density at radius 1 is 0.950 bits per heavy atom. The Balaban J connectivity index is 2.13. The third-order valence-electron chi connectivity index (χ3n) is 3.81. The topological polar surface area (TPSA) is 0 Å². The molecule has 0 saturated carbocycles. The molecular weight excluding hydrogens is 315 g/mol. The van der Waals surface area contributed by atoms with Crippen molar-refractivity contribution < 1.29 is 4.39 Å². The molecule has 2 aromatic carbocycles. The van der Waals surface area contributed by atoms with Crippen molar-refractivity contribution in [1.82, 2.24) is 0 Å². The second-order valence-electron chi connectivity index (χ2n) is 5.43. The number of halogens is 2. The van der Waals surface area contributed by atoms with Gasteiger partial charge in [-0.05, 0) is 67.0 Å². The summed E-state index contributed by atoms with van der Waals surface area (Å²) in [4.78, 5) is 0. The van der Waals surface area contributed by atoms with Crippen molar-refractivity contribution in [3.8, 4) is 0 Å². The molecule has 0 aliphatic heterocycles. The minimum absolute atomic E-state index is 0.144. The third kappa shape index (κ3) is 3.92. The fourth-order valence-corrected chi connectivity index (χ4v) is 2.96. The lowest BCUT2D eigenvalue weighted by Gasteiger charge is -2.17. The van der Waals surface area contributed by atoms with Crippen LogP contribution in [0, 0.1) is 25.6 Å². The number of hydrogen-bond acceptors (Lipinski definition) is 0. The molecular formula is C18H20BrF. The summed E-state index contributed by atoms with van der Waals surface area (Å²) in [5.74, 6) is 0.339. The van der Waals surface area contributed by atoms with E-state index in [-0.39, 0.29) is 5.82 Å². The van der Waals surface area contributed by atoms with E-state index in [2.05, 4.69) is 47.1 Å². The number of aryl methyl sites for hydroxylation is 2. The normalized spacial score (nSPS) is 12.4. The summed E-state index contributed by atoms with van der Waals surface area (Å²) in [6, 6.07) is 13.5. The number of alkyl halides is 1. The monoisotopic (exact) mass is 334 g/mol. The Hall–Kier alpha value is -1.15. The second kappa shape index (κ2) is 7.03. The lowest BCUT2D eigenvalue weighted by atomic mass is 9.91. The number of benzene rings is 2. The highest BCUT2D eigenvalue weighted by Gasteiger charge is 2.12. The fourth-order valence-electron chi connectivity index (χ4n) is 2.50. The Kier molecular flexibility index (Phi) is 5.36. The van der Waals surface area contributed by atoms with Gasteiger partial charge in [-0.25, -0.2) is 4.39 Å². The van der Waals surface area contributed by atoms with Crippen LogP contribution in [0.3, 0.4) is 0 Å². The molecule has 0 bridgehead atoms. The molecule has 0 N–H and O–H groups in total. The predicted molar refractivity (Wildman–Crippen MR) is 87.0 cm³/mol. The summed E-state index contributed by atoms with van der Waals surface area (Å²) in [6.07, 6.45) is 1.93. The number of rotatable bonds is 5. The van der Waals surface area contributed by atoms with E-state index in [1.54, 1.807) is 6.07 Å². The molecule has 106 valence electrons. The highest BCUT2D eigenvalue weighted by Crippen LogP contribution is 2.21. The zero-order valence-electron chi connectivity index (χ0n) is 12.0. The van der Waals surface area contributed by atoms with Gasteiger partial charge in [-0.3, -0.25) is 0 Å². The summed E-state index contributed by atoms with van der Waals surface area (Å²) in [5, 5.41) is 0.928. The minimum atomic E-state index is -0.144. The van der Waals surface area contributed by atoms with Crippen LogP contribution in [0.5, 0.6) is 0 Å². The lowest BCUT2D eigenvalue weighted by Crippen LogP contribution is -2.11. The van der Waals surface area contributed by atoms with Gasteiger partial charge < -0.3 is 0 Å². The maximum absolute atomic E-state index is 13.4. The zero-order chi connectivity index (χ0) is 14.5. The summed E-state index contributed by atoms with van der Waals surface area (Å²) >= 11 is 3.60. The van der Waals surface area contributed by atoms with E-state index in [4.69, 9.17) is 0 Å². The SMILES string of the molecule is Cc1ccccc1CC(CBr)Cc1cc(F)ccc1C. The molecule has 0 fully saturated rings. The number of hydrogen-bond donors (Lipinski definition) is 0. The molecule has 0 saturated heterocycles. The van der Waals surface area contributed by atoms with Crippen LogP contribution < -0.4 is 0 Å². The second-order valence-corrected chi connectivity index (χ2v) is 6.07. The van der Waals surface area contributed by atoms with E-state index in [1.165, 1.54) is 22.8 Å². The maximum atomic E-state index is 13.4. The van der Waals surface area contributed by atoms with Crippen molar-refractivity contribution >= 4 is 15.9 Å². The highest BCUT2D eigenvalue weighted by atomic mass is 79.9. The minimum Gasteiger partial charge on any atom is -0.207 e. The van der Waals surface area contributed by atoms with Crippen LogP contribution in [-0.4, -0.2) is 5.33 Å². The van der Waals surface area contributed by atoms with E-state index in [1.807, 2.05) is 13.0 Å². The molecule has 2 rings (SSSR count). The van der Waals surface area contributed by atoms with Gasteiger partial charge in [0.2, 0.25) is 0 Å². The highest BCUT2D eigenvalue weighted by molar-refractivity contribution is 9.09. The van der Waals surface area contributed by atoms with Gasteiger partial charge in [0.05, 0.1) is 0 Å². The Morgan fingerprint density at radius 3 is 2.30 bits per heavy atom. The molecule has 2 aromatic rings. The van der Waals surface area contributed by atoms with Crippen LogP contribution in [0.1, 0.15) is 22.3 Å². The Bertz CT molecular complexity index is 577. The first-order chi connectivity index (χ1) is 9.60. The summed E-state index contributed by atoms with van der Waals surface area (Å²) in [7, 11) is 0. The van der Waals surface area contributed by atoms with Crippen LogP contribution in [-0.2, 0) is 12.8 Å². The predicted octanol–water partition coefficient (Wildman–Crippen LogP) is 5.24. The van der Waals surface area contributed by atoms with Crippen LogP contribution in [0.15, 0.2) is 42.5 Å². The van der Waals surface area contributed by atoms with Gasteiger partial charge in [0, 0.05) is 5.33 Å². The van der Waals surface area contributed by atoms with Crippen LogP contribution in [0.4, 0.5) is 4.39 Å². The molecule has 0 radical (unpaired) electrons. The first kappa shape index (κ1) is 15.2. The first-order valence-electron chi connectivity index (χ1n) is 6.95. The van der Waals surface area contributed by atoms with Crippen LogP contribution in [0.2, 0.25) is 0 Å². The summed E-state index contributed by atoms with van der Waals surface area (Å²) in [6.45, 7) is 4.20. The summed E-state index contributed by atoms with van der Waals surface area (Å²) < 4.78 is 13.4. The van der Waals surface area contributed by atoms with Crippen LogP contribution >= 0.6 is 15.9 Å². The van der Waals surface area contributed by atoms with Gasteiger partial charge in [-0.15, -0.1) is 0 Å². The van der Waals surface area contributed by atoms with Gasteiger partial charge in [0.1, 0.15) is 5.82 Å². The standard InChI is InChI=1S/C18H20BrF/c1-13-5-3-4-6-16(13)9-15(12-19)10-17-11-18(20)8-7-14(17)2/h3-8,11,15H,9-10,12H2,1-2H3. The molecule has 20 heavy (non-hydrogen) atoms. The molecule has 0 aliphatic rings. The molecule has 0 heterocycles. The van der Waals surface area contributed by atoms with Gasteiger partial charge >= 0.3 is 0 Å². The van der Waals surface area contributed by atoms with E-state index in [9.17, 15) is 4.39 Å². The Morgan fingerprint density at radius 2 is 1.60 bits per heavy atom. The molecule has 0 aromatic heterocycles. The first-order valence-corrected chi connectivity index (χ1v) is 8.07. The molecule has 2 heteroatoms. The van der Waals surface area contributed by atoms with Crippen molar-refractivity contribution in [3.05, 3.63) is 70.5 Å². The van der Waals surface area contributed by atoms with Gasteiger partial charge in [-0.1, -0.05) is 46.3 Å². The van der Waals surface area contributed by atoms with E-state index in [0.29, 0.717) is 5.92 Å². The molecule has 0 nitrogen and oxygen atoms in total. The smallest absolute Gasteiger partial charge is 0.123 e. The van der Waals surface area contributed by atoms with Gasteiger partial charge in [0.25, 0.3) is 0 Å². The van der Waals surface area contributed by atoms with Gasteiger partial charge in [-0.2, -0.15) is 0 Å². The van der Waals surface area contributed by atoms with Crippen LogP contribution in [0.25, 0.3) is 0 Å². The van der Waals surface area contributed by atoms with E-state index >= 15 is 0 Å². The average Bonchev–Trinajstić information content (AvgIpc) is 2.44. The quantitative estimate of drug-likeness (QED) is 0.656. The zero-order valence-corrected chi connectivity index (χ0v) is 13.6. The third-order valence-corrected chi connectivity index (χ3v) is 4.72.